The molecule has 0 unspecified atom stereocenters. The molecule has 0 spiro atoms. The molecule has 5 heteroatoms. The van der Waals surface area contributed by atoms with E-state index in [2.05, 4.69) is 58.2 Å². The third kappa shape index (κ3) is 6.17. The van der Waals surface area contributed by atoms with Gasteiger partial charge < -0.3 is 15.1 Å². The van der Waals surface area contributed by atoms with Crippen LogP contribution in [0.2, 0.25) is 0 Å². The molecule has 3 heterocycles. The molecule has 5 nitrogen and oxygen atoms in total. The van der Waals surface area contributed by atoms with Crippen molar-refractivity contribution in [2.45, 2.75) is 64.6 Å². The molecule has 1 atom stereocenters. The Bertz CT molecular complexity index is 838. The average Bonchev–Trinajstić information content (AvgIpc) is 2.85. The van der Waals surface area contributed by atoms with Gasteiger partial charge >= 0.3 is 0 Å². The predicted octanol–water partition coefficient (Wildman–Crippen LogP) is 3.81. The molecule has 2 aliphatic heterocycles. The molecule has 2 saturated heterocycles. The van der Waals surface area contributed by atoms with Gasteiger partial charge in [0.25, 0.3) is 0 Å². The molecule has 1 N–H and O–H groups in total. The summed E-state index contributed by atoms with van der Waals surface area (Å²) in [5.41, 5.74) is 3.83. The van der Waals surface area contributed by atoms with E-state index in [-0.39, 0.29) is 11.8 Å². The molecule has 0 saturated carbocycles. The molecule has 0 radical (unpaired) electrons. The number of rotatable bonds is 7. The fraction of sp³-hybridized carbons (Fsp3) is 0.556. The Morgan fingerprint density at radius 1 is 1.03 bits per heavy atom. The zero-order valence-electron chi connectivity index (χ0n) is 19.7. The normalized spacial score (nSPS) is 20.2. The van der Waals surface area contributed by atoms with Crippen LogP contribution in [-0.2, 0) is 17.8 Å². The minimum absolute atomic E-state index is 0.151. The van der Waals surface area contributed by atoms with E-state index in [9.17, 15) is 4.79 Å². The lowest BCUT2D eigenvalue weighted by Crippen LogP contribution is -2.50. The summed E-state index contributed by atoms with van der Waals surface area (Å²) < 4.78 is 0. The highest BCUT2D eigenvalue weighted by Gasteiger charge is 2.31. The molecule has 4 rings (SSSR count). The lowest BCUT2D eigenvalue weighted by Gasteiger charge is -2.43. The third-order valence-corrected chi connectivity index (χ3v) is 7.38. The molecule has 172 valence electrons. The van der Waals surface area contributed by atoms with Gasteiger partial charge in [-0.1, -0.05) is 35.9 Å². The van der Waals surface area contributed by atoms with Gasteiger partial charge in [-0.2, -0.15) is 0 Å². The van der Waals surface area contributed by atoms with E-state index in [1.54, 1.807) is 6.20 Å². The summed E-state index contributed by atoms with van der Waals surface area (Å²) in [4.78, 5) is 22.0. The smallest absolute Gasteiger partial charge is 0.223 e. The van der Waals surface area contributed by atoms with Gasteiger partial charge in [-0.3, -0.25) is 9.78 Å². The average molecular weight is 435 g/mol. The van der Waals surface area contributed by atoms with Gasteiger partial charge in [0.1, 0.15) is 0 Å². The van der Waals surface area contributed by atoms with Gasteiger partial charge in [-0.25, -0.2) is 0 Å². The fourth-order valence-corrected chi connectivity index (χ4v) is 5.25. The van der Waals surface area contributed by atoms with E-state index in [1.807, 2.05) is 18.3 Å². The maximum Gasteiger partial charge on any atom is 0.223 e. The van der Waals surface area contributed by atoms with Crippen LogP contribution in [0, 0.1) is 12.8 Å². The summed E-state index contributed by atoms with van der Waals surface area (Å²) in [5, 5.41) is 3.10. The molecule has 2 aliphatic rings. The van der Waals surface area contributed by atoms with Crippen LogP contribution in [0.25, 0.3) is 0 Å². The second kappa shape index (κ2) is 11.1. The van der Waals surface area contributed by atoms with Crippen molar-refractivity contribution in [1.29, 1.82) is 0 Å². The van der Waals surface area contributed by atoms with E-state index in [4.69, 9.17) is 0 Å². The number of benzene rings is 1. The fourth-order valence-electron chi connectivity index (χ4n) is 5.25. The second-order valence-electron chi connectivity index (χ2n) is 9.70. The topological polar surface area (TPSA) is 48.5 Å². The number of likely N-dealkylation sites (tertiary alicyclic amines) is 2. The number of carbonyl (C=O) groups is 1. The quantitative estimate of drug-likeness (QED) is 0.720. The maximum atomic E-state index is 12.6. The van der Waals surface area contributed by atoms with E-state index < -0.39 is 0 Å². The highest BCUT2D eigenvalue weighted by molar-refractivity contribution is 5.78. The molecular formula is C27H38N4O. The Hall–Kier alpha value is -2.24. The predicted molar refractivity (Wildman–Crippen MR) is 129 cm³/mol. The number of aromatic nitrogens is 1. The summed E-state index contributed by atoms with van der Waals surface area (Å²) in [6, 6.07) is 14.2. The monoisotopic (exact) mass is 434 g/mol. The van der Waals surface area contributed by atoms with Crippen LogP contribution in [-0.4, -0.2) is 59.0 Å². The lowest BCUT2D eigenvalue weighted by atomic mass is 9.92. The second-order valence-corrected chi connectivity index (χ2v) is 9.70. The third-order valence-electron chi connectivity index (χ3n) is 7.38. The first kappa shape index (κ1) is 22.9. The van der Waals surface area contributed by atoms with Crippen LogP contribution in [0.3, 0.4) is 0 Å². The first-order valence-electron chi connectivity index (χ1n) is 12.3. The molecule has 1 amide bonds. The molecule has 1 aromatic heterocycles. The largest absolute Gasteiger partial charge is 0.352 e. The van der Waals surface area contributed by atoms with Crippen LogP contribution in [0.15, 0.2) is 48.8 Å². The molecular weight excluding hydrogens is 396 g/mol. The molecule has 1 aromatic carbocycles. The summed E-state index contributed by atoms with van der Waals surface area (Å²) >= 11 is 0. The van der Waals surface area contributed by atoms with Crippen LogP contribution in [0.5, 0.6) is 0 Å². The van der Waals surface area contributed by atoms with E-state index in [1.165, 1.54) is 37.1 Å². The van der Waals surface area contributed by atoms with Crippen molar-refractivity contribution in [2.24, 2.45) is 5.92 Å². The Labute approximate surface area is 193 Å². The number of carbonyl (C=O) groups excluding carboxylic acids is 1. The molecule has 0 bridgehead atoms. The zero-order chi connectivity index (χ0) is 22.3. The van der Waals surface area contributed by atoms with Crippen molar-refractivity contribution in [2.75, 3.05) is 26.2 Å². The highest BCUT2D eigenvalue weighted by atomic mass is 16.1. The lowest BCUT2D eigenvalue weighted by molar-refractivity contribution is -0.126. The van der Waals surface area contributed by atoms with E-state index in [0.717, 1.165) is 37.9 Å². The van der Waals surface area contributed by atoms with Crippen molar-refractivity contribution in [3.05, 3.63) is 65.5 Å². The van der Waals surface area contributed by atoms with Crippen LogP contribution in [0.4, 0.5) is 0 Å². The number of hydrogen-bond acceptors (Lipinski definition) is 4. The molecule has 32 heavy (non-hydrogen) atoms. The summed E-state index contributed by atoms with van der Waals surface area (Å²) in [7, 11) is 0. The van der Waals surface area contributed by atoms with Gasteiger partial charge in [-0.05, 0) is 89.3 Å². The van der Waals surface area contributed by atoms with Crippen molar-refractivity contribution < 1.29 is 4.79 Å². The summed E-state index contributed by atoms with van der Waals surface area (Å²) in [6.07, 6.45) is 9.15. The van der Waals surface area contributed by atoms with E-state index in [0.29, 0.717) is 18.6 Å². The number of nitrogens with one attached hydrogen (secondary N) is 1. The van der Waals surface area contributed by atoms with Crippen molar-refractivity contribution >= 4 is 5.91 Å². The number of hydrogen-bond donors (Lipinski definition) is 1. The van der Waals surface area contributed by atoms with Crippen molar-refractivity contribution in [1.82, 2.24) is 20.1 Å². The minimum Gasteiger partial charge on any atom is -0.352 e. The number of aryl methyl sites for hydroxylation is 1. The van der Waals surface area contributed by atoms with Gasteiger partial charge in [-0.15, -0.1) is 0 Å². The van der Waals surface area contributed by atoms with Gasteiger partial charge in [0.2, 0.25) is 5.91 Å². The first-order valence-corrected chi connectivity index (χ1v) is 12.3. The van der Waals surface area contributed by atoms with Crippen LogP contribution >= 0.6 is 0 Å². The van der Waals surface area contributed by atoms with Crippen molar-refractivity contribution in [3.63, 3.8) is 0 Å². The molecule has 2 aromatic rings. The van der Waals surface area contributed by atoms with E-state index >= 15 is 0 Å². The molecule has 0 aliphatic carbocycles. The Morgan fingerprint density at radius 3 is 2.41 bits per heavy atom. The number of piperidine rings is 2. The number of pyridine rings is 1. The van der Waals surface area contributed by atoms with Crippen LogP contribution in [0.1, 0.15) is 49.3 Å². The Morgan fingerprint density at radius 2 is 1.75 bits per heavy atom. The SMILES string of the molecule is Cc1ccc(C[C@@H](C)N2CCC(N3CCC(C(=O)NCc4cccnc4)CC3)CC2)cc1. The molecule has 2 fully saturated rings. The maximum absolute atomic E-state index is 12.6. The number of amides is 1. The van der Waals surface area contributed by atoms with Gasteiger partial charge in [0.05, 0.1) is 0 Å². The Kier molecular flexibility index (Phi) is 7.93. The summed E-state index contributed by atoms with van der Waals surface area (Å²) in [6.45, 7) is 9.56. The van der Waals surface area contributed by atoms with Gasteiger partial charge in [0.15, 0.2) is 0 Å². The highest BCUT2D eigenvalue weighted by Crippen LogP contribution is 2.25. The standard InChI is InChI=1S/C27H38N4O/c1-21-5-7-23(8-6-21)18-22(2)30-16-11-26(12-17-30)31-14-9-25(10-15-31)27(32)29-20-24-4-3-13-28-19-24/h3-8,13,19,22,25-26H,9-12,14-18,20H2,1-2H3,(H,29,32)/t22-/m1/s1. The first-order chi connectivity index (χ1) is 15.6. The van der Waals surface area contributed by atoms with Gasteiger partial charge in [0, 0.05) is 36.9 Å². The minimum atomic E-state index is 0.151. The Balaban J connectivity index is 1.16. The van der Waals surface area contributed by atoms with Crippen molar-refractivity contribution in [3.8, 4) is 0 Å². The number of nitrogens with zero attached hydrogens (tertiary/aromatic N) is 3. The summed E-state index contributed by atoms with van der Waals surface area (Å²) in [5.74, 6) is 0.353. The van der Waals surface area contributed by atoms with Crippen LogP contribution < -0.4 is 5.32 Å². The zero-order valence-corrected chi connectivity index (χ0v) is 19.7.